The Hall–Kier alpha value is -1.90. The van der Waals surface area contributed by atoms with Gasteiger partial charge in [0.1, 0.15) is 5.75 Å². The highest BCUT2D eigenvalue weighted by atomic mass is 79.9. The van der Waals surface area contributed by atoms with Crippen LogP contribution in [0.2, 0.25) is 0 Å². The molecule has 0 unspecified atom stereocenters. The topological polar surface area (TPSA) is 66.9 Å². The lowest BCUT2D eigenvalue weighted by molar-refractivity contribution is -0.123. The van der Waals surface area contributed by atoms with Gasteiger partial charge in [0.2, 0.25) is 15.9 Å². The van der Waals surface area contributed by atoms with Crippen LogP contribution < -0.4 is 9.64 Å². The van der Waals surface area contributed by atoms with Crippen molar-refractivity contribution in [3.63, 3.8) is 0 Å². The third-order valence-corrected chi connectivity index (χ3v) is 8.48. The van der Waals surface area contributed by atoms with Crippen molar-refractivity contribution in [3.05, 3.63) is 52.5 Å². The van der Waals surface area contributed by atoms with Crippen LogP contribution in [0.15, 0.2) is 51.8 Å². The van der Waals surface area contributed by atoms with E-state index in [2.05, 4.69) is 28.9 Å². The van der Waals surface area contributed by atoms with Crippen LogP contribution in [0.25, 0.3) is 0 Å². The van der Waals surface area contributed by atoms with Crippen molar-refractivity contribution in [3.8, 4) is 5.75 Å². The first-order valence-electron chi connectivity index (χ1n) is 10.7. The summed E-state index contributed by atoms with van der Waals surface area (Å²) in [5.74, 6) is 0.591. The molecule has 0 bridgehead atoms. The molecule has 1 saturated heterocycles. The number of halogens is 1. The third-order valence-electron chi connectivity index (χ3n) is 6.07. The van der Waals surface area contributed by atoms with Gasteiger partial charge in [0.05, 0.1) is 11.5 Å². The molecule has 31 heavy (non-hydrogen) atoms. The molecule has 0 radical (unpaired) electrons. The fraction of sp³-hybridized carbons (Fsp3) is 0.435. The number of rotatable bonds is 5. The highest BCUT2D eigenvalue weighted by molar-refractivity contribution is 9.10. The van der Waals surface area contributed by atoms with Crippen molar-refractivity contribution in [2.45, 2.75) is 44.0 Å². The Morgan fingerprint density at radius 1 is 1.13 bits per heavy atom. The number of ether oxygens (including phenoxy) is 1. The predicted octanol–water partition coefficient (Wildman–Crippen LogP) is 4.23. The fourth-order valence-electron chi connectivity index (χ4n) is 4.50. The van der Waals surface area contributed by atoms with E-state index in [1.807, 2.05) is 24.0 Å². The number of hydrogen-bond acceptors (Lipinski definition) is 4. The lowest BCUT2D eigenvalue weighted by Gasteiger charge is -2.34. The summed E-state index contributed by atoms with van der Waals surface area (Å²) >= 11 is 3.50. The Kier molecular flexibility index (Phi) is 6.42. The van der Waals surface area contributed by atoms with Crippen LogP contribution in [0.1, 0.15) is 32.3 Å². The number of anilines is 1. The van der Waals surface area contributed by atoms with E-state index in [0.29, 0.717) is 38.3 Å². The molecule has 8 heteroatoms. The summed E-state index contributed by atoms with van der Waals surface area (Å²) in [6.45, 7) is 5.18. The summed E-state index contributed by atoms with van der Waals surface area (Å²) in [4.78, 5) is 15.5. The molecule has 0 aromatic heterocycles. The number of benzene rings is 2. The second-order valence-electron chi connectivity index (χ2n) is 8.12. The van der Waals surface area contributed by atoms with Crippen LogP contribution >= 0.6 is 15.9 Å². The van der Waals surface area contributed by atoms with Crippen molar-refractivity contribution in [2.24, 2.45) is 5.92 Å². The lowest BCUT2D eigenvalue weighted by atomic mass is 9.96. The number of amides is 1. The van der Waals surface area contributed by atoms with Crippen molar-refractivity contribution in [1.29, 1.82) is 0 Å². The molecule has 1 fully saturated rings. The molecular weight excluding hydrogens is 480 g/mol. The Labute approximate surface area is 192 Å². The van der Waals surface area contributed by atoms with Crippen molar-refractivity contribution >= 4 is 37.5 Å². The average molecular weight is 507 g/mol. The minimum absolute atomic E-state index is 0.103. The summed E-state index contributed by atoms with van der Waals surface area (Å²) in [5.41, 5.74) is 2.15. The highest BCUT2D eigenvalue weighted by Gasteiger charge is 2.38. The van der Waals surface area contributed by atoms with E-state index >= 15 is 0 Å². The molecule has 4 rings (SSSR count). The average Bonchev–Trinajstić information content (AvgIpc) is 3.08. The predicted molar refractivity (Wildman–Crippen MR) is 124 cm³/mol. The summed E-state index contributed by atoms with van der Waals surface area (Å²) < 4.78 is 33.9. The van der Waals surface area contributed by atoms with Crippen LogP contribution in [0.4, 0.5) is 5.69 Å². The number of fused-ring (bicyclic) bond motifs is 1. The maximum atomic E-state index is 13.3. The standard InChI is InChI=1S/C23H27BrN2O4S/c1-3-30-20-5-7-21(8-6-20)31(28,29)25-12-10-17(11-13-25)23(27)26-16(2)14-18-15-19(24)4-9-22(18)26/h4-9,15-17H,3,10-14H2,1-2H3/t16-/m1/s1. The molecule has 166 valence electrons. The van der Waals surface area contributed by atoms with Crippen LogP contribution in [0.3, 0.4) is 0 Å². The van der Waals surface area contributed by atoms with E-state index in [1.54, 1.807) is 24.3 Å². The maximum absolute atomic E-state index is 13.3. The molecule has 0 N–H and O–H groups in total. The van der Waals surface area contributed by atoms with Gasteiger partial charge in [-0.3, -0.25) is 4.79 Å². The number of carbonyl (C=O) groups is 1. The summed E-state index contributed by atoms with van der Waals surface area (Å²) in [6.07, 6.45) is 1.90. The van der Waals surface area contributed by atoms with Gasteiger partial charge in [-0.15, -0.1) is 0 Å². The van der Waals surface area contributed by atoms with Gasteiger partial charge in [-0.2, -0.15) is 4.31 Å². The van der Waals surface area contributed by atoms with Gasteiger partial charge in [0.15, 0.2) is 0 Å². The van der Waals surface area contributed by atoms with Crippen molar-refractivity contribution in [1.82, 2.24) is 4.31 Å². The first-order chi connectivity index (χ1) is 14.8. The Morgan fingerprint density at radius 2 is 1.81 bits per heavy atom. The molecular formula is C23H27BrN2O4S. The smallest absolute Gasteiger partial charge is 0.243 e. The lowest BCUT2D eigenvalue weighted by Crippen LogP contribution is -2.46. The van der Waals surface area contributed by atoms with Crippen LogP contribution in [0.5, 0.6) is 5.75 Å². The van der Waals surface area contributed by atoms with Gasteiger partial charge < -0.3 is 9.64 Å². The van der Waals surface area contributed by atoms with Crippen LogP contribution in [0, 0.1) is 5.92 Å². The Bertz CT molecular complexity index is 1060. The zero-order valence-electron chi connectivity index (χ0n) is 17.8. The SMILES string of the molecule is CCOc1ccc(S(=O)(=O)N2CCC(C(=O)N3c4ccc(Br)cc4C[C@H]3C)CC2)cc1. The Morgan fingerprint density at radius 3 is 2.45 bits per heavy atom. The van der Waals surface area contributed by atoms with Gasteiger partial charge in [0, 0.05) is 35.2 Å². The quantitative estimate of drug-likeness (QED) is 0.608. The largest absolute Gasteiger partial charge is 0.494 e. The van der Waals surface area contributed by atoms with Crippen molar-refractivity contribution < 1.29 is 17.9 Å². The molecule has 2 aromatic carbocycles. The summed E-state index contributed by atoms with van der Waals surface area (Å²) in [6, 6.07) is 12.7. The zero-order valence-corrected chi connectivity index (χ0v) is 20.2. The number of piperidine rings is 1. The maximum Gasteiger partial charge on any atom is 0.243 e. The number of nitrogens with zero attached hydrogens (tertiary/aromatic N) is 2. The zero-order chi connectivity index (χ0) is 22.2. The van der Waals surface area contributed by atoms with Gasteiger partial charge in [-0.05, 0) is 81.1 Å². The van der Waals surface area contributed by atoms with E-state index in [4.69, 9.17) is 4.74 Å². The second-order valence-corrected chi connectivity index (χ2v) is 11.0. The van der Waals surface area contributed by atoms with Crippen LogP contribution in [-0.2, 0) is 21.2 Å². The molecule has 0 spiro atoms. The number of hydrogen-bond donors (Lipinski definition) is 0. The molecule has 2 aromatic rings. The van der Waals surface area contributed by atoms with Crippen LogP contribution in [-0.4, -0.2) is 44.4 Å². The molecule has 1 atom stereocenters. The van der Waals surface area contributed by atoms with E-state index < -0.39 is 10.0 Å². The van der Waals surface area contributed by atoms with Gasteiger partial charge in [-0.25, -0.2) is 8.42 Å². The second kappa shape index (κ2) is 8.92. The van der Waals surface area contributed by atoms with Crippen molar-refractivity contribution in [2.75, 3.05) is 24.6 Å². The van der Waals surface area contributed by atoms with E-state index in [0.717, 1.165) is 16.6 Å². The number of sulfonamides is 1. The minimum Gasteiger partial charge on any atom is -0.494 e. The highest BCUT2D eigenvalue weighted by Crippen LogP contribution is 2.36. The van der Waals surface area contributed by atoms with E-state index in [1.165, 1.54) is 9.87 Å². The monoisotopic (exact) mass is 506 g/mol. The molecule has 6 nitrogen and oxygen atoms in total. The van der Waals surface area contributed by atoms with Gasteiger partial charge in [0.25, 0.3) is 0 Å². The molecule has 0 aliphatic carbocycles. The summed E-state index contributed by atoms with van der Waals surface area (Å²) in [7, 11) is -3.58. The first-order valence-corrected chi connectivity index (χ1v) is 12.9. The van der Waals surface area contributed by atoms with Gasteiger partial charge >= 0.3 is 0 Å². The normalized spacial score (nSPS) is 20.0. The number of carbonyl (C=O) groups excluding carboxylic acids is 1. The molecule has 2 aliphatic rings. The fourth-order valence-corrected chi connectivity index (χ4v) is 6.38. The molecule has 2 heterocycles. The molecule has 0 saturated carbocycles. The van der Waals surface area contributed by atoms with E-state index in [9.17, 15) is 13.2 Å². The minimum atomic E-state index is -3.58. The van der Waals surface area contributed by atoms with E-state index in [-0.39, 0.29) is 22.8 Å². The van der Waals surface area contributed by atoms with Gasteiger partial charge in [-0.1, -0.05) is 15.9 Å². The Balaban J connectivity index is 1.43. The third kappa shape index (κ3) is 4.38. The first kappa shape index (κ1) is 22.3. The summed E-state index contributed by atoms with van der Waals surface area (Å²) in [5, 5.41) is 0. The molecule has 2 aliphatic heterocycles. The molecule has 1 amide bonds.